The number of allylic oxidation sites excluding steroid dienone is 1. The number of rotatable bonds is 15. The van der Waals surface area contributed by atoms with E-state index >= 15 is 0 Å². The zero-order valence-corrected chi connectivity index (χ0v) is 34.8. The lowest BCUT2D eigenvalue weighted by molar-refractivity contribution is -0.137. The number of benzene rings is 4. The molecule has 2 N–H and O–H groups in total. The SMILES string of the molecule is COc1cc(N=Nc2cccc3c2CN(C2CCC(=O)NC2=O)C3=O)cc(OC)c1OCC(=O)CCCN(C)Cc1ccc(C2=C3CCNC(=O)c4cc(C)cc(c43)C2)cc1. The van der Waals surface area contributed by atoms with Gasteiger partial charge in [0, 0.05) is 61.3 Å². The molecule has 14 nitrogen and oxygen atoms in total. The summed E-state index contributed by atoms with van der Waals surface area (Å²) in [6.45, 7) is 4.13. The van der Waals surface area contributed by atoms with Crippen LogP contribution in [-0.2, 0) is 33.9 Å². The molecule has 314 valence electrons. The Labute approximate surface area is 353 Å². The topological polar surface area (TPSA) is 168 Å². The lowest BCUT2D eigenvalue weighted by Gasteiger charge is -2.29. The van der Waals surface area contributed by atoms with Crippen LogP contribution in [0.4, 0.5) is 11.4 Å². The number of ether oxygens (including phenoxy) is 3. The van der Waals surface area contributed by atoms with E-state index in [-0.39, 0.29) is 55.2 Å². The summed E-state index contributed by atoms with van der Waals surface area (Å²) in [5, 5.41) is 14.2. The molecule has 1 fully saturated rings. The van der Waals surface area contributed by atoms with Crippen LogP contribution >= 0.6 is 0 Å². The van der Waals surface area contributed by atoms with Crippen molar-refractivity contribution in [1.82, 2.24) is 20.4 Å². The van der Waals surface area contributed by atoms with Gasteiger partial charge in [0.1, 0.15) is 12.6 Å². The molecule has 1 atom stereocenters. The number of aryl methyl sites for hydroxylation is 1. The third-order valence-electron chi connectivity index (χ3n) is 11.7. The van der Waals surface area contributed by atoms with Gasteiger partial charge in [0.25, 0.3) is 11.8 Å². The Kier molecular flexibility index (Phi) is 11.8. The fraction of sp³-hybridized carbons (Fsp3) is 0.340. The zero-order valence-electron chi connectivity index (χ0n) is 34.8. The number of carbonyl (C=O) groups excluding carboxylic acids is 5. The highest BCUT2D eigenvalue weighted by Gasteiger charge is 2.40. The van der Waals surface area contributed by atoms with Gasteiger partial charge in [-0.3, -0.25) is 29.3 Å². The van der Waals surface area contributed by atoms with Crippen LogP contribution < -0.4 is 24.8 Å². The third kappa shape index (κ3) is 8.53. The highest BCUT2D eigenvalue weighted by molar-refractivity contribution is 6.08. The van der Waals surface area contributed by atoms with Gasteiger partial charge in [-0.2, -0.15) is 10.2 Å². The van der Waals surface area contributed by atoms with Gasteiger partial charge in [0.05, 0.1) is 25.6 Å². The predicted octanol–water partition coefficient (Wildman–Crippen LogP) is 6.65. The average molecular weight is 825 g/mol. The second-order valence-electron chi connectivity index (χ2n) is 15.9. The number of hydrogen-bond acceptors (Lipinski definition) is 11. The van der Waals surface area contributed by atoms with Gasteiger partial charge in [-0.25, -0.2) is 0 Å². The van der Waals surface area contributed by atoms with Crippen molar-refractivity contribution in [3.05, 3.63) is 111 Å². The maximum Gasteiger partial charge on any atom is 0.255 e. The first-order chi connectivity index (χ1) is 29.5. The third-order valence-corrected chi connectivity index (χ3v) is 11.7. The van der Waals surface area contributed by atoms with E-state index in [0.29, 0.717) is 53.4 Å². The van der Waals surface area contributed by atoms with Crippen LogP contribution in [0.1, 0.15) is 86.2 Å². The average Bonchev–Trinajstić information content (AvgIpc) is 3.72. The molecular formula is C47H48N6O8. The Morgan fingerprint density at radius 3 is 2.43 bits per heavy atom. The van der Waals surface area contributed by atoms with Gasteiger partial charge in [0.2, 0.25) is 17.6 Å². The number of Topliss-reactive ketones (excluding diaryl/α,β-unsaturated/α-hetero) is 1. The quantitative estimate of drug-likeness (QED) is 0.0986. The molecule has 4 aromatic rings. The molecule has 3 aliphatic heterocycles. The molecule has 0 spiro atoms. The van der Waals surface area contributed by atoms with E-state index in [1.807, 2.05) is 20.0 Å². The normalized spacial score (nSPS) is 17.1. The summed E-state index contributed by atoms with van der Waals surface area (Å²) in [6, 6.07) is 20.5. The van der Waals surface area contributed by atoms with Crippen LogP contribution in [0.15, 0.2) is 77.0 Å². The number of carbonyl (C=O) groups is 5. The molecule has 3 heterocycles. The maximum atomic E-state index is 13.2. The highest BCUT2D eigenvalue weighted by atomic mass is 16.5. The lowest BCUT2D eigenvalue weighted by atomic mass is 9.95. The molecule has 4 aromatic carbocycles. The van der Waals surface area contributed by atoms with Gasteiger partial charge in [-0.05, 0) is 97.8 Å². The van der Waals surface area contributed by atoms with E-state index in [0.717, 1.165) is 42.6 Å². The van der Waals surface area contributed by atoms with E-state index in [9.17, 15) is 24.0 Å². The first-order valence-electron chi connectivity index (χ1n) is 20.5. The summed E-state index contributed by atoms with van der Waals surface area (Å²) in [5.41, 5.74) is 11.1. The van der Waals surface area contributed by atoms with Crippen LogP contribution in [0.2, 0.25) is 0 Å². The van der Waals surface area contributed by atoms with Crippen LogP contribution in [0.25, 0.3) is 11.1 Å². The largest absolute Gasteiger partial charge is 0.493 e. The Bertz CT molecular complexity index is 2490. The number of fused-ring (bicyclic) bond motifs is 1. The number of amides is 4. The van der Waals surface area contributed by atoms with E-state index in [1.54, 1.807) is 30.3 Å². The first kappa shape index (κ1) is 41.1. The summed E-state index contributed by atoms with van der Waals surface area (Å²) < 4.78 is 17.1. The minimum atomic E-state index is -0.740. The molecule has 0 bridgehead atoms. The molecule has 0 radical (unpaired) electrons. The molecule has 4 aliphatic rings. The summed E-state index contributed by atoms with van der Waals surface area (Å²) in [6.07, 6.45) is 3.07. The van der Waals surface area contributed by atoms with Gasteiger partial charge in [0.15, 0.2) is 17.3 Å². The van der Waals surface area contributed by atoms with Crippen molar-refractivity contribution >= 4 is 51.9 Å². The fourth-order valence-electron chi connectivity index (χ4n) is 8.75. The smallest absolute Gasteiger partial charge is 0.255 e. The number of piperidine rings is 1. The monoisotopic (exact) mass is 824 g/mol. The molecule has 0 saturated carbocycles. The van der Waals surface area contributed by atoms with Gasteiger partial charge in [-0.15, -0.1) is 0 Å². The number of ketones is 1. The van der Waals surface area contributed by atoms with Crippen molar-refractivity contribution < 1.29 is 38.2 Å². The van der Waals surface area contributed by atoms with Crippen molar-refractivity contribution in [2.24, 2.45) is 10.2 Å². The van der Waals surface area contributed by atoms with Crippen molar-refractivity contribution in [2.45, 2.75) is 64.6 Å². The molecule has 0 aromatic heterocycles. The molecule has 1 saturated heterocycles. The maximum absolute atomic E-state index is 13.2. The van der Waals surface area contributed by atoms with E-state index in [2.05, 4.69) is 56.1 Å². The number of nitrogens with one attached hydrogen (secondary N) is 2. The standard InChI is InChI=1S/C47H48N6O8/c1-27-19-30-21-35(33-16-17-48-45(56)36(20-27)43(30)33)29-12-10-28(11-13-29)24-52(2)18-6-7-32(54)26-61-44-40(59-3)22-31(23-41(44)60-4)50-51-38-9-5-8-34-37(38)25-53(47(34)58)39-14-15-42(55)49-46(39)57/h5,8-13,19-20,22-23,39H,6-7,14-18,21,24-26H2,1-4H3,(H,48,56)(H,49,55,57). The second kappa shape index (κ2) is 17.5. The van der Waals surface area contributed by atoms with Gasteiger partial charge < -0.3 is 29.3 Å². The number of hydrogen-bond donors (Lipinski definition) is 2. The Balaban J connectivity index is 0.837. The highest BCUT2D eigenvalue weighted by Crippen LogP contribution is 2.44. The van der Waals surface area contributed by atoms with Crippen LogP contribution in [-0.4, -0.2) is 86.2 Å². The number of methoxy groups -OCH3 is 2. The Morgan fingerprint density at radius 2 is 1.69 bits per heavy atom. The van der Waals surface area contributed by atoms with E-state index < -0.39 is 11.9 Å². The van der Waals surface area contributed by atoms with Crippen LogP contribution in [0.3, 0.4) is 0 Å². The number of azo groups is 1. The molecule has 8 rings (SSSR count). The Morgan fingerprint density at radius 1 is 0.918 bits per heavy atom. The number of imide groups is 1. The summed E-state index contributed by atoms with van der Waals surface area (Å²) >= 11 is 0. The van der Waals surface area contributed by atoms with Gasteiger partial charge >= 0.3 is 0 Å². The predicted molar refractivity (Wildman–Crippen MR) is 227 cm³/mol. The van der Waals surface area contributed by atoms with Crippen molar-refractivity contribution in [1.29, 1.82) is 0 Å². The summed E-state index contributed by atoms with van der Waals surface area (Å²) in [5.74, 6) is -0.309. The van der Waals surface area contributed by atoms with Crippen LogP contribution in [0.5, 0.6) is 17.2 Å². The van der Waals surface area contributed by atoms with E-state index in [1.165, 1.54) is 47.0 Å². The molecule has 61 heavy (non-hydrogen) atoms. The summed E-state index contributed by atoms with van der Waals surface area (Å²) in [7, 11) is 5.00. The first-order valence-corrected chi connectivity index (χ1v) is 20.5. The molecule has 4 amide bonds. The van der Waals surface area contributed by atoms with Crippen molar-refractivity contribution in [3.63, 3.8) is 0 Å². The molecule has 14 heteroatoms. The Hall–Kier alpha value is -6.67. The molecule has 1 unspecified atom stereocenters. The zero-order chi connectivity index (χ0) is 42.8. The van der Waals surface area contributed by atoms with Crippen LogP contribution in [0, 0.1) is 6.92 Å². The minimum absolute atomic E-state index is 0.00857. The number of nitrogens with zero attached hydrogens (tertiary/aromatic N) is 4. The fourth-order valence-corrected chi connectivity index (χ4v) is 8.75. The van der Waals surface area contributed by atoms with Crippen molar-refractivity contribution in [3.8, 4) is 17.2 Å². The van der Waals surface area contributed by atoms with Crippen molar-refractivity contribution in [2.75, 3.05) is 41.0 Å². The molecule has 1 aliphatic carbocycles. The second-order valence-corrected chi connectivity index (χ2v) is 15.9. The van der Waals surface area contributed by atoms with Gasteiger partial charge in [-0.1, -0.05) is 42.0 Å². The van der Waals surface area contributed by atoms with E-state index in [4.69, 9.17) is 14.2 Å². The summed E-state index contributed by atoms with van der Waals surface area (Å²) in [4.78, 5) is 66.8. The lowest BCUT2D eigenvalue weighted by Crippen LogP contribution is -2.52. The minimum Gasteiger partial charge on any atom is -0.493 e. The molecular weight excluding hydrogens is 777 g/mol.